The van der Waals surface area contributed by atoms with E-state index >= 15 is 0 Å². The summed E-state index contributed by atoms with van der Waals surface area (Å²) in [5, 5.41) is 2.45. The number of amides is 1. The fourth-order valence-corrected chi connectivity index (χ4v) is 0.960. The zero-order valence-corrected chi connectivity index (χ0v) is 5.17. The molecule has 0 unspecified atom stereocenters. The predicted octanol–water partition coefficient (Wildman–Crippen LogP) is 0.786. The number of nitrogens with two attached hydrogens (primary N) is 1. The van der Waals surface area contributed by atoms with Crippen LogP contribution in [0.25, 0.3) is 0 Å². The molecule has 1 rings (SSSR count). The van der Waals surface area contributed by atoms with E-state index in [0.29, 0.717) is 0 Å². The first-order chi connectivity index (χ1) is 4.22. The molecule has 0 fully saturated rings. The largest absolute Gasteiger partial charge is 0.365 e. The van der Waals surface area contributed by atoms with Crippen molar-refractivity contribution in [2.24, 2.45) is 5.73 Å². The summed E-state index contributed by atoms with van der Waals surface area (Å²) in [6, 6.07) is 1.09. The third-order valence-corrected chi connectivity index (χ3v) is 1.62. The van der Waals surface area contributed by atoms with Crippen LogP contribution < -0.4 is 5.73 Å². The van der Waals surface area contributed by atoms with Crippen LogP contribution in [0.2, 0.25) is 0 Å². The van der Waals surface area contributed by atoms with Crippen molar-refractivity contribution in [3.05, 3.63) is 22.1 Å². The fourth-order valence-electron chi connectivity index (χ4n) is 0.422. The minimum absolute atomic E-state index is 0.0602. The quantitative estimate of drug-likeness (QED) is 0.622. The van der Waals surface area contributed by atoms with Gasteiger partial charge in [-0.1, -0.05) is 0 Å². The third kappa shape index (κ3) is 1.08. The van der Waals surface area contributed by atoms with E-state index in [1.807, 2.05) is 0 Å². The van der Waals surface area contributed by atoms with Gasteiger partial charge in [-0.25, -0.2) is 4.39 Å². The summed E-state index contributed by atoms with van der Waals surface area (Å²) < 4.78 is 12.3. The van der Waals surface area contributed by atoms with Crippen molar-refractivity contribution in [3.8, 4) is 0 Å². The van der Waals surface area contributed by atoms with Crippen molar-refractivity contribution in [2.45, 2.75) is 0 Å². The molecule has 0 spiro atoms. The molecule has 1 amide bonds. The lowest BCUT2D eigenvalue weighted by Gasteiger charge is -1.84. The van der Waals surface area contributed by atoms with Crippen molar-refractivity contribution >= 4 is 17.2 Å². The summed E-state index contributed by atoms with van der Waals surface area (Å²) in [6.45, 7) is 0. The van der Waals surface area contributed by atoms with Gasteiger partial charge in [0.2, 0.25) is 0 Å². The van der Waals surface area contributed by atoms with E-state index in [1.54, 1.807) is 0 Å². The molecule has 0 aromatic carbocycles. The molecule has 0 atom stereocenters. The lowest BCUT2D eigenvalue weighted by atomic mass is 10.4. The Kier molecular flexibility index (Phi) is 1.48. The highest BCUT2D eigenvalue weighted by Gasteiger charge is 2.07. The molecule has 2 nitrogen and oxygen atoms in total. The van der Waals surface area contributed by atoms with Crippen molar-refractivity contribution < 1.29 is 9.18 Å². The Morgan fingerprint density at radius 1 is 1.89 bits per heavy atom. The number of thiophene rings is 1. The first-order valence-corrected chi connectivity index (χ1v) is 2.98. The van der Waals surface area contributed by atoms with Crippen LogP contribution in [-0.2, 0) is 0 Å². The zero-order chi connectivity index (χ0) is 6.85. The van der Waals surface area contributed by atoms with Crippen LogP contribution >= 0.6 is 11.3 Å². The summed E-state index contributed by atoms with van der Waals surface area (Å²) in [5.74, 6) is -1.33. The number of hydrogen-bond acceptors (Lipinski definition) is 2. The number of carbonyl (C=O) groups is 1. The van der Waals surface area contributed by atoms with Gasteiger partial charge in [-0.2, -0.15) is 0 Å². The SMILES string of the molecule is NC(=O)c1s[c]cc1F. The van der Waals surface area contributed by atoms with Gasteiger partial charge in [-0.15, -0.1) is 11.3 Å². The third-order valence-electron chi connectivity index (χ3n) is 0.787. The summed E-state index contributed by atoms with van der Waals surface area (Å²) >= 11 is 0.883. The van der Waals surface area contributed by atoms with Gasteiger partial charge in [0.05, 0.1) is 0 Å². The van der Waals surface area contributed by atoms with Gasteiger partial charge in [0.1, 0.15) is 10.7 Å². The Morgan fingerprint density at radius 2 is 2.56 bits per heavy atom. The summed E-state index contributed by atoms with van der Waals surface area (Å²) in [6.07, 6.45) is 0. The molecule has 0 aliphatic carbocycles. The molecule has 1 radical (unpaired) electrons. The van der Waals surface area contributed by atoms with Crippen LogP contribution in [0.4, 0.5) is 4.39 Å². The van der Waals surface area contributed by atoms with E-state index in [1.165, 1.54) is 0 Å². The van der Waals surface area contributed by atoms with E-state index in [4.69, 9.17) is 5.73 Å². The van der Waals surface area contributed by atoms with Crippen LogP contribution in [0.1, 0.15) is 9.67 Å². The molecular weight excluding hydrogens is 141 g/mol. The topological polar surface area (TPSA) is 43.1 Å². The van der Waals surface area contributed by atoms with E-state index in [0.717, 1.165) is 17.4 Å². The number of halogens is 1. The van der Waals surface area contributed by atoms with Gasteiger partial charge < -0.3 is 5.73 Å². The van der Waals surface area contributed by atoms with E-state index < -0.39 is 11.7 Å². The minimum atomic E-state index is -0.737. The summed E-state index contributed by atoms with van der Waals surface area (Å²) in [4.78, 5) is 10.2. The molecule has 0 saturated heterocycles. The van der Waals surface area contributed by atoms with Gasteiger partial charge in [-0.05, 0) is 6.07 Å². The molecule has 0 aliphatic rings. The monoisotopic (exact) mass is 144 g/mol. The molecule has 0 saturated carbocycles. The molecule has 0 bridgehead atoms. The average Bonchev–Trinajstić information content (AvgIpc) is 2.13. The molecule has 1 heterocycles. The molecular formula is C5H3FNOS. The summed E-state index contributed by atoms with van der Waals surface area (Å²) in [7, 11) is 0. The molecule has 0 aliphatic heterocycles. The highest BCUT2D eigenvalue weighted by Crippen LogP contribution is 2.12. The molecule has 4 heteroatoms. The van der Waals surface area contributed by atoms with Crippen molar-refractivity contribution in [3.63, 3.8) is 0 Å². The van der Waals surface area contributed by atoms with Crippen molar-refractivity contribution in [2.75, 3.05) is 0 Å². The fraction of sp³-hybridized carbons (Fsp3) is 0. The maximum atomic E-state index is 12.3. The van der Waals surface area contributed by atoms with Crippen LogP contribution in [-0.4, -0.2) is 5.91 Å². The number of hydrogen-bond donors (Lipinski definition) is 1. The Balaban J connectivity index is 3.08. The number of carbonyl (C=O) groups excluding carboxylic acids is 1. The maximum absolute atomic E-state index is 12.3. The average molecular weight is 144 g/mol. The minimum Gasteiger partial charge on any atom is -0.365 e. The highest BCUT2D eigenvalue weighted by atomic mass is 32.1. The molecule has 1 aromatic rings. The van der Waals surface area contributed by atoms with Crippen LogP contribution in [0.15, 0.2) is 6.07 Å². The van der Waals surface area contributed by atoms with E-state index in [-0.39, 0.29) is 4.88 Å². The van der Waals surface area contributed by atoms with Crippen LogP contribution in [0, 0.1) is 11.2 Å². The highest BCUT2D eigenvalue weighted by molar-refractivity contribution is 7.11. The lowest BCUT2D eigenvalue weighted by Crippen LogP contribution is -2.10. The number of rotatable bonds is 1. The van der Waals surface area contributed by atoms with Gasteiger partial charge in [0.15, 0.2) is 0 Å². The first-order valence-electron chi connectivity index (χ1n) is 2.17. The van der Waals surface area contributed by atoms with Gasteiger partial charge in [0, 0.05) is 5.38 Å². The summed E-state index contributed by atoms with van der Waals surface area (Å²) in [5.41, 5.74) is 4.77. The standard InChI is InChI=1S/C5H3FNOS/c6-3-1-2-9-4(3)5(7)8/h1H,(H2,7,8). The first kappa shape index (κ1) is 6.22. The Hall–Kier alpha value is -0.900. The smallest absolute Gasteiger partial charge is 0.261 e. The Morgan fingerprint density at radius 3 is 2.78 bits per heavy atom. The van der Waals surface area contributed by atoms with Gasteiger partial charge >= 0.3 is 0 Å². The van der Waals surface area contributed by atoms with E-state index in [2.05, 4.69) is 5.38 Å². The number of primary amides is 1. The normalized spacial score (nSPS) is 9.44. The van der Waals surface area contributed by atoms with E-state index in [9.17, 15) is 9.18 Å². The van der Waals surface area contributed by atoms with Gasteiger partial charge in [-0.3, -0.25) is 4.79 Å². The Labute approximate surface area is 55.1 Å². The zero-order valence-electron chi connectivity index (χ0n) is 4.35. The molecule has 2 N–H and O–H groups in total. The van der Waals surface area contributed by atoms with Crippen LogP contribution in [0.3, 0.4) is 0 Å². The van der Waals surface area contributed by atoms with Crippen LogP contribution in [0.5, 0.6) is 0 Å². The second kappa shape index (κ2) is 2.14. The molecule has 9 heavy (non-hydrogen) atoms. The maximum Gasteiger partial charge on any atom is 0.261 e. The molecule has 47 valence electrons. The van der Waals surface area contributed by atoms with Gasteiger partial charge in [0.25, 0.3) is 5.91 Å². The predicted molar refractivity (Wildman–Crippen MR) is 31.6 cm³/mol. The second-order valence-electron chi connectivity index (χ2n) is 1.41. The van der Waals surface area contributed by atoms with Crippen molar-refractivity contribution in [1.82, 2.24) is 0 Å². The van der Waals surface area contributed by atoms with Crippen molar-refractivity contribution in [1.29, 1.82) is 0 Å². The lowest BCUT2D eigenvalue weighted by molar-refractivity contribution is 0.100. The second-order valence-corrected chi connectivity index (χ2v) is 2.25. The Bertz CT molecular complexity index is 233. The molecule has 1 aromatic heterocycles.